The lowest BCUT2D eigenvalue weighted by molar-refractivity contribution is 0.601. The Kier molecular flexibility index (Phi) is 16.6. The molecule has 0 saturated carbocycles. The van der Waals surface area contributed by atoms with E-state index in [1.54, 1.807) is 0 Å². The van der Waals surface area contributed by atoms with Gasteiger partial charge in [0.25, 0.3) is 0 Å². The summed E-state index contributed by atoms with van der Waals surface area (Å²) in [4.78, 5) is 17.3. The molecule has 0 bridgehead atoms. The van der Waals surface area contributed by atoms with Crippen molar-refractivity contribution in [2.75, 3.05) is 0 Å². The number of hydrogen-bond acceptors (Lipinski definition) is 8. The monoisotopic (exact) mass is 1800 g/mol. The molecule has 28 aromatic rings. The van der Waals surface area contributed by atoms with E-state index in [4.69, 9.17) is 17.7 Å². The topological polar surface area (TPSA) is 124 Å². The maximum atomic E-state index is 5.71. The minimum absolute atomic E-state index is 0.0376. The van der Waals surface area contributed by atoms with Gasteiger partial charge in [-0.25, -0.2) is 19.9 Å². The Morgan fingerprint density at radius 3 is 1.16 bits per heavy atom. The van der Waals surface area contributed by atoms with Crippen LogP contribution in [0.5, 0.6) is 0 Å². The molecule has 20 aromatic carbocycles. The Morgan fingerprint density at radius 1 is 0.200 bits per heavy atom. The van der Waals surface area contributed by atoms with Crippen LogP contribution in [0.15, 0.2) is 407 Å². The van der Waals surface area contributed by atoms with Crippen molar-refractivity contribution in [2.24, 2.45) is 0 Å². The first-order chi connectivity index (χ1) is 68.5. The van der Waals surface area contributed by atoms with Gasteiger partial charge in [-0.2, -0.15) is 0 Å². The first-order valence-electron chi connectivity index (χ1n) is 48.2. The van der Waals surface area contributed by atoms with Gasteiger partial charge in [-0.05, 0) is 218 Å². The van der Waals surface area contributed by atoms with Crippen LogP contribution >= 0.6 is 0 Å². The fraction of sp³-hybridized carbons (Fsp3) is 0.0938. The Balaban J connectivity index is 0.0000000896. The summed E-state index contributed by atoms with van der Waals surface area (Å²) in [7, 11) is 0. The summed E-state index contributed by atoms with van der Waals surface area (Å²) in [6, 6.07) is 132. The molecule has 0 radical (unpaired) electrons. The van der Waals surface area contributed by atoms with Crippen molar-refractivity contribution >= 4 is 175 Å². The first-order valence-corrected chi connectivity index (χ1v) is 48.2. The lowest BCUT2D eigenvalue weighted by atomic mass is 9.79. The zero-order valence-corrected chi connectivity index (χ0v) is 78.2. The number of hydrogen-bond donors (Lipinski definition) is 0. The molecule has 4 aliphatic carbocycles. The SMILES string of the molecule is CC1(C)c2ccccc2-c2c1c1c(c3ccccc23)c2ccccc2n1-c1ccc2ncoc2c1.CC1(C)c2ccccc2-c2c1c1c3ccccc3n(-c3ccc4ncoc4c3)c1c1ccccc21.CC1(C)c2ccccc2-c2cc3c(cc21)c1cc2ccccc2cc1n3-c1ccc2ncoc2c1.CC1(C)c2ccccc2-c2ccc3c4c5ccccc5ccc4n(-c4ccc5ncoc5c4)c3c21. The van der Waals surface area contributed by atoms with Crippen molar-refractivity contribution in [3.05, 3.63) is 434 Å². The van der Waals surface area contributed by atoms with Crippen LogP contribution in [0.1, 0.15) is 99.9 Å². The largest absolute Gasteiger partial charge is 0.443 e. The van der Waals surface area contributed by atoms with Gasteiger partial charge < -0.3 is 35.9 Å². The van der Waals surface area contributed by atoms with E-state index in [1.165, 1.54) is 245 Å². The molecule has 8 heterocycles. The highest BCUT2D eigenvalue weighted by molar-refractivity contribution is 6.29. The maximum Gasteiger partial charge on any atom is 0.181 e. The number of benzene rings is 20. The Morgan fingerprint density at radius 2 is 0.593 bits per heavy atom. The molecule has 0 spiro atoms. The van der Waals surface area contributed by atoms with Crippen molar-refractivity contribution in [1.82, 2.24) is 38.2 Å². The summed E-state index contributed by atoms with van der Waals surface area (Å²) < 4.78 is 32.5. The smallest absolute Gasteiger partial charge is 0.181 e. The van der Waals surface area contributed by atoms with E-state index < -0.39 is 0 Å². The lowest BCUT2D eigenvalue weighted by Gasteiger charge is -2.24. The van der Waals surface area contributed by atoms with Gasteiger partial charge in [0.2, 0.25) is 0 Å². The number of oxazole rings is 4. The summed E-state index contributed by atoms with van der Waals surface area (Å²) in [6.07, 6.45) is 6.07. The molecular formula is C128H88N8O4. The molecule has 0 aliphatic heterocycles. The molecule has 32 rings (SSSR count). The zero-order chi connectivity index (χ0) is 93.2. The van der Waals surface area contributed by atoms with E-state index in [0.717, 1.165) is 67.1 Å². The van der Waals surface area contributed by atoms with Crippen LogP contribution in [-0.2, 0) is 21.7 Å². The number of para-hydroxylation sites is 2. The van der Waals surface area contributed by atoms with Gasteiger partial charge >= 0.3 is 0 Å². The zero-order valence-electron chi connectivity index (χ0n) is 78.2. The maximum absolute atomic E-state index is 5.71. The quantitative estimate of drug-likeness (QED) is 0.171. The van der Waals surface area contributed by atoms with Crippen LogP contribution in [0.25, 0.3) is 242 Å². The van der Waals surface area contributed by atoms with Gasteiger partial charge in [0.15, 0.2) is 47.9 Å². The molecule has 140 heavy (non-hydrogen) atoms. The summed E-state index contributed by atoms with van der Waals surface area (Å²) in [5.74, 6) is 0. The molecule has 0 N–H and O–H groups in total. The van der Waals surface area contributed by atoms with Gasteiger partial charge in [-0.15, -0.1) is 0 Å². The molecule has 12 heteroatoms. The third-order valence-electron chi connectivity index (χ3n) is 31.6. The average molecular weight is 1800 g/mol. The second-order valence-corrected chi connectivity index (χ2v) is 40.3. The summed E-state index contributed by atoms with van der Waals surface area (Å²) >= 11 is 0. The van der Waals surface area contributed by atoms with Gasteiger partial charge in [-0.3, -0.25) is 0 Å². The molecule has 8 aromatic heterocycles. The molecule has 0 saturated heterocycles. The van der Waals surface area contributed by atoms with Crippen LogP contribution in [0.3, 0.4) is 0 Å². The normalized spacial score (nSPS) is 14.2. The molecule has 664 valence electrons. The second-order valence-electron chi connectivity index (χ2n) is 40.3. The Hall–Kier alpha value is -17.5. The van der Waals surface area contributed by atoms with Crippen molar-refractivity contribution in [2.45, 2.75) is 77.0 Å². The molecule has 12 nitrogen and oxygen atoms in total. The van der Waals surface area contributed by atoms with Crippen LogP contribution < -0.4 is 0 Å². The Labute approximate surface area is 803 Å². The standard InChI is InChI=1S/4C32H22N2O/c1-32(2)24-13-7-5-11-22(24)28-20-9-3-4-10-21(20)31-29(30(28)32)23-12-6-8-14-26(23)34(31)19-15-16-25-27(17-19)35-18-33-25;1-32(2)24-13-7-5-11-22(24)28-20-9-3-4-10-21(20)29-23-12-6-8-14-26(23)34(31(29)30(28)32)19-15-16-25-27(17-19)35-18-33-25;1-32(2)25-10-6-5-9-22(25)23-13-14-24-29-21-8-4-3-7-19(21)11-16-27(29)34(31(24)30(23)32)20-12-15-26-28(17-20)35-18-33-26;1-32(2)26-10-6-5-9-22(26)23-17-30-25(16-27(23)32)24-13-19-7-3-4-8-20(19)14-29(24)34(30)21-11-12-28-31(15-21)35-18-33-28/h4*3-18H,1-2H3. The lowest BCUT2D eigenvalue weighted by Crippen LogP contribution is -2.16. The summed E-state index contributed by atoms with van der Waals surface area (Å²) in [6.45, 7) is 18.9. The van der Waals surface area contributed by atoms with Crippen LogP contribution in [-0.4, -0.2) is 38.2 Å². The highest BCUT2D eigenvalue weighted by Crippen LogP contribution is 2.61. The molecule has 0 unspecified atom stereocenters. The fourth-order valence-corrected chi connectivity index (χ4v) is 25.4. The third kappa shape index (κ3) is 11.1. The van der Waals surface area contributed by atoms with Crippen molar-refractivity contribution < 1.29 is 17.7 Å². The van der Waals surface area contributed by atoms with E-state index in [2.05, 4.69) is 445 Å². The van der Waals surface area contributed by atoms with Crippen LogP contribution in [0.4, 0.5) is 0 Å². The third-order valence-corrected chi connectivity index (χ3v) is 31.6. The van der Waals surface area contributed by atoms with Crippen LogP contribution in [0.2, 0.25) is 0 Å². The average Bonchev–Trinajstić information content (AvgIpc) is 1.50. The number of nitrogens with zero attached hydrogens (tertiary/aromatic N) is 8. The van der Waals surface area contributed by atoms with Gasteiger partial charge in [0.05, 0.1) is 66.9 Å². The first kappa shape index (κ1) is 79.9. The molecule has 0 amide bonds. The fourth-order valence-electron chi connectivity index (χ4n) is 25.4. The second kappa shape index (κ2) is 29.0. The highest BCUT2D eigenvalue weighted by Gasteiger charge is 2.44. The predicted molar refractivity (Wildman–Crippen MR) is 574 cm³/mol. The van der Waals surface area contributed by atoms with Crippen LogP contribution in [0, 0.1) is 0 Å². The molecule has 4 aliphatic rings. The highest BCUT2D eigenvalue weighted by atomic mass is 16.3. The Bertz CT molecular complexity index is 10200. The van der Waals surface area contributed by atoms with E-state index >= 15 is 0 Å². The number of rotatable bonds is 4. The van der Waals surface area contributed by atoms with Crippen molar-refractivity contribution in [3.8, 4) is 67.3 Å². The number of aromatic nitrogens is 8. The van der Waals surface area contributed by atoms with Gasteiger partial charge in [0, 0.05) is 94.4 Å². The minimum atomic E-state index is -0.142. The summed E-state index contributed by atoms with van der Waals surface area (Å²) in [5.41, 5.74) is 42.3. The minimum Gasteiger partial charge on any atom is -0.443 e. The summed E-state index contributed by atoms with van der Waals surface area (Å²) in [5, 5.41) is 20.6. The van der Waals surface area contributed by atoms with E-state index in [9.17, 15) is 0 Å². The molecular weight excluding hydrogens is 1710 g/mol. The number of fused-ring (bicyclic) bond motifs is 40. The predicted octanol–water partition coefficient (Wildman–Crippen LogP) is 33.5. The van der Waals surface area contributed by atoms with E-state index in [0.29, 0.717) is 0 Å². The van der Waals surface area contributed by atoms with Gasteiger partial charge in [-0.1, -0.05) is 304 Å². The van der Waals surface area contributed by atoms with Gasteiger partial charge in [0.1, 0.15) is 22.1 Å². The molecule has 0 fully saturated rings. The van der Waals surface area contributed by atoms with E-state index in [1.807, 2.05) is 12.1 Å². The van der Waals surface area contributed by atoms with Crippen molar-refractivity contribution in [3.63, 3.8) is 0 Å². The van der Waals surface area contributed by atoms with Crippen molar-refractivity contribution in [1.29, 1.82) is 0 Å². The van der Waals surface area contributed by atoms with E-state index in [-0.39, 0.29) is 21.7 Å². The molecule has 0 atom stereocenters.